The number of halogens is 2. The smallest absolute Gasteiger partial charge is 0.316 e. The molecule has 0 bridgehead atoms. The summed E-state index contributed by atoms with van der Waals surface area (Å²) >= 11 is 12.3. The number of allylic oxidation sites excluding steroid dienone is 1. The van der Waals surface area contributed by atoms with Gasteiger partial charge in [-0.05, 0) is 100 Å². The van der Waals surface area contributed by atoms with Crippen LogP contribution in [0.1, 0.15) is 63.6 Å². The average molecular weight is 613 g/mol. The lowest BCUT2D eigenvalue weighted by Crippen LogP contribution is -2.44. The van der Waals surface area contributed by atoms with Crippen LogP contribution in [0.2, 0.25) is 10.0 Å². The van der Waals surface area contributed by atoms with Gasteiger partial charge >= 0.3 is 5.97 Å². The first-order valence-electron chi connectivity index (χ1n) is 14.6. The maximum absolute atomic E-state index is 14.0. The van der Waals surface area contributed by atoms with Crippen molar-refractivity contribution < 1.29 is 19.1 Å². The molecule has 1 saturated carbocycles. The largest absolute Gasteiger partial charge is 0.459 e. The zero-order valence-electron chi connectivity index (χ0n) is 24.7. The van der Waals surface area contributed by atoms with Gasteiger partial charge in [-0.2, -0.15) is 5.10 Å². The summed E-state index contributed by atoms with van der Waals surface area (Å²) in [6, 6.07) is 15.3. The van der Waals surface area contributed by atoms with Crippen molar-refractivity contribution >= 4 is 46.9 Å². The summed E-state index contributed by atoms with van der Waals surface area (Å²) in [6.07, 6.45) is 5.57. The van der Waals surface area contributed by atoms with E-state index >= 15 is 0 Å². The normalized spacial score (nSPS) is 25.4. The molecule has 2 fully saturated rings. The first-order chi connectivity index (χ1) is 20.0. The van der Waals surface area contributed by atoms with Crippen LogP contribution in [-0.2, 0) is 19.1 Å². The summed E-state index contributed by atoms with van der Waals surface area (Å²) < 4.78 is 11.2. The highest BCUT2D eigenvalue weighted by Gasteiger charge is 2.49. The Labute approximate surface area is 258 Å². The van der Waals surface area contributed by atoms with Crippen LogP contribution in [0.5, 0.6) is 0 Å². The predicted molar refractivity (Wildman–Crippen MR) is 166 cm³/mol. The lowest BCUT2D eigenvalue weighted by atomic mass is 9.77. The van der Waals surface area contributed by atoms with Crippen LogP contribution >= 0.6 is 23.2 Å². The van der Waals surface area contributed by atoms with Crippen molar-refractivity contribution in [2.24, 2.45) is 16.4 Å². The fourth-order valence-electron chi connectivity index (χ4n) is 6.32. The first kappa shape index (κ1) is 30.7. The maximum atomic E-state index is 14.0. The van der Waals surface area contributed by atoms with Crippen LogP contribution in [0.15, 0.2) is 59.2 Å². The van der Waals surface area contributed by atoms with Crippen molar-refractivity contribution in [3.8, 4) is 0 Å². The summed E-state index contributed by atoms with van der Waals surface area (Å²) in [5.74, 6) is -0.300. The van der Waals surface area contributed by atoms with Gasteiger partial charge in [0.2, 0.25) is 0 Å². The molecule has 3 aliphatic rings. The van der Waals surface area contributed by atoms with Gasteiger partial charge in [0.1, 0.15) is 11.0 Å². The van der Waals surface area contributed by atoms with Gasteiger partial charge in [0.05, 0.1) is 24.9 Å². The molecular weight excluding hydrogens is 573 g/mol. The van der Waals surface area contributed by atoms with Gasteiger partial charge in [-0.1, -0.05) is 47.5 Å². The van der Waals surface area contributed by atoms with E-state index in [0.717, 1.165) is 41.7 Å². The third-order valence-corrected chi connectivity index (χ3v) is 8.73. The van der Waals surface area contributed by atoms with Gasteiger partial charge in [-0.25, -0.2) is 5.01 Å². The minimum Gasteiger partial charge on any atom is -0.459 e. The molecule has 2 aromatic rings. The molecule has 1 amide bonds. The second kappa shape index (κ2) is 12.5. The number of rotatable bonds is 7. The van der Waals surface area contributed by atoms with E-state index in [4.69, 9.17) is 37.8 Å². The average Bonchev–Trinajstić information content (AvgIpc) is 3.53. The highest BCUT2D eigenvalue weighted by molar-refractivity contribution is 6.30. The Bertz CT molecular complexity index is 1370. The topological polar surface area (TPSA) is 71.4 Å². The number of likely N-dealkylation sites (tertiary alicyclic amines) is 1. The zero-order chi connectivity index (χ0) is 30.1. The Morgan fingerprint density at radius 1 is 1.07 bits per heavy atom. The molecule has 2 aliphatic heterocycles. The molecule has 224 valence electrons. The summed E-state index contributed by atoms with van der Waals surface area (Å²) in [5.41, 5.74) is 2.76. The minimum absolute atomic E-state index is 0.0790. The second-order valence-corrected chi connectivity index (χ2v) is 13.5. The Morgan fingerprint density at radius 2 is 1.74 bits per heavy atom. The van der Waals surface area contributed by atoms with E-state index < -0.39 is 11.0 Å². The monoisotopic (exact) mass is 611 g/mol. The van der Waals surface area contributed by atoms with Gasteiger partial charge in [-0.3, -0.25) is 14.5 Å². The maximum Gasteiger partial charge on any atom is 0.316 e. The molecule has 1 saturated heterocycles. The molecule has 5 rings (SSSR count). The van der Waals surface area contributed by atoms with Crippen LogP contribution in [-0.4, -0.2) is 66.4 Å². The summed E-state index contributed by atoms with van der Waals surface area (Å²) in [4.78, 5) is 29.3. The quantitative estimate of drug-likeness (QED) is 0.322. The van der Waals surface area contributed by atoms with Gasteiger partial charge in [-0.15, -0.1) is 0 Å². The molecule has 42 heavy (non-hydrogen) atoms. The number of carbonyl (C=O) groups excluding carboxylic acids is 2. The third-order valence-electron chi connectivity index (χ3n) is 8.22. The third kappa shape index (κ3) is 6.75. The van der Waals surface area contributed by atoms with Crippen molar-refractivity contribution in [3.05, 3.63) is 75.3 Å². The molecule has 2 aromatic carbocycles. The molecule has 2 heterocycles. The van der Waals surface area contributed by atoms with Crippen molar-refractivity contribution in [2.45, 2.75) is 58.1 Å². The summed E-state index contributed by atoms with van der Waals surface area (Å²) in [5, 5.41) is 8.03. The fourth-order valence-corrected chi connectivity index (χ4v) is 6.58. The number of nitrogens with zero attached hydrogens (tertiary/aromatic N) is 3. The highest BCUT2D eigenvalue weighted by atomic mass is 35.5. The van der Waals surface area contributed by atoms with Gasteiger partial charge in [0.25, 0.3) is 5.91 Å². The number of fused-ring (bicyclic) bond motifs is 1. The van der Waals surface area contributed by atoms with E-state index in [1.165, 1.54) is 0 Å². The van der Waals surface area contributed by atoms with Crippen LogP contribution in [0.25, 0.3) is 6.08 Å². The highest BCUT2D eigenvalue weighted by Crippen LogP contribution is 2.45. The van der Waals surface area contributed by atoms with Gasteiger partial charge < -0.3 is 9.47 Å². The van der Waals surface area contributed by atoms with Crippen molar-refractivity contribution in [2.75, 3.05) is 33.4 Å². The van der Waals surface area contributed by atoms with E-state index in [1.54, 1.807) is 12.1 Å². The SMILES string of the molecule is COCC1(C(=O)OC(C)(C)C)CCN(CC(=O)N2N=C3/C(=C\c4ccc(Cl)cc4)CCCC3C2c2ccc(Cl)cc2)C1. The number of hydrogen-bond acceptors (Lipinski definition) is 6. The molecule has 0 spiro atoms. The van der Waals surface area contributed by atoms with E-state index in [9.17, 15) is 9.59 Å². The second-order valence-electron chi connectivity index (χ2n) is 12.6. The predicted octanol–water partition coefficient (Wildman–Crippen LogP) is 6.80. The van der Waals surface area contributed by atoms with Crippen LogP contribution in [0.3, 0.4) is 0 Å². The standard InChI is InChI=1S/C33H39Cl2N3O4/c1-32(2,3)42-31(40)33(21-41-4)16-17-37(20-33)19-28(39)38-30(23-10-14-26(35)15-11-23)27-7-5-6-24(29(27)36-38)18-22-8-12-25(34)13-9-22/h8-15,18,27,30H,5-7,16-17,19-21H2,1-4H3/b24-18-. The van der Waals surface area contributed by atoms with E-state index in [2.05, 4.69) is 6.08 Å². The molecule has 1 aliphatic carbocycles. The number of hydrogen-bond donors (Lipinski definition) is 0. The van der Waals surface area contributed by atoms with Crippen LogP contribution in [0, 0.1) is 11.3 Å². The molecule has 3 atom stereocenters. The molecule has 3 unspecified atom stereocenters. The van der Waals surface area contributed by atoms with Gasteiger partial charge in [0, 0.05) is 29.6 Å². The first-order valence-corrected chi connectivity index (χ1v) is 15.3. The number of amides is 1. The van der Waals surface area contributed by atoms with E-state index in [0.29, 0.717) is 29.6 Å². The van der Waals surface area contributed by atoms with Crippen molar-refractivity contribution in [3.63, 3.8) is 0 Å². The Morgan fingerprint density at radius 3 is 2.38 bits per heavy atom. The Hall–Kier alpha value is -2.71. The number of carbonyl (C=O) groups is 2. The number of benzene rings is 2. The molecule has 0 radical (unpaired) electrons. The summed E-state index contributed by atoms with van der Waals surface area (Å²) in [7, 11) is 1.59. The molecule has 7 nitrogen and oxygen atoms in total. The van der Waals surface area contributed by atoms with E-state index in [-0.39, 0.29) is 37.0 Å². The summed E-state index contributed by atoms with van der Waals surface area (Å²) in [6.45, 7) is 6.96. The minimum atomic E-state index is -0.808. The molecule has 0 aromatic heterocycles. The van der Waals surface area contributed by atoms with Crippen molar-refractivity contribution in [1.82, 2.24) is 9.91 Å². The number of ether oxygens (including phenoxy) is 2. The number of methoxy groups -OCH3 is 1. The van der Waals surface area contributed by atoms with Gasteiger partial charge in [0.15, 0.2) is 0 Å². The molecule has 0 N–H and O–H groups in total. The van der Waals surface area contributed by atoms with Crippen molar-refractivity contribution in [1.29, 1.82) is 0 Å². The van der Waals surface area contributed by atoms with Crippen LogP contribution < -0.4 is 0 Å². The zero-order valence-corrected chi connectivity index (χ0v) is 26.3. The Balaban J connectivity index is 1.41. The van der Waals surface area contributed by atoms with Crippen LogP contribution in [0.4, 0.5) is 0 Å². The molecule has 9 heteroatoms. The number of esters is 1. The Kier molecular flexibility index (Phi) is 9.14. The molecular formula is C33H39Cl2N3O4. The number of hydrazone groups is 1. The fraction of sp³-hybridized carbons (Fsp3) is 0.485. The van der Waals surface area contributed by atoms with E-state index in [1.807, 2.05) is 74.2 Å². The lowest BCUT2D eigenvalue weighted by molar-refractivity contribution is -0.170. The lowest BCUT2D eigenvalue weighted by Gasteiger charge is -2.32.